The Bertz CT molecular complexity index is 214. The average Bonchev–Trinajstić information content (AvgIpc) is 2.79. The van der Waals surface area contributed by atoms with Gasteiger partial charge in [-0.05, 0) is 46.7 Å². The summed E-state index contributed by atoms with van der Waals surface area (Å²) in [5.41, 5.74) is 0. The quantitative estimate of drug-likeness (QED) is 0.698. The summed E-state index contributed by atoms with van der Waals surface area (Å²) >= 11 is 0. The molecule has 0 aliphatic carbocycles. The molecular weight excluding hydrogens is 202 g/mol. The minimum absolute atomic E-state index is 0.0926. The van der Waals surface area contributed by atoms with E-state index in [0.717, 1.165) is 6.54 Å². The normalized spacial score (nSPS) is 20.7. The Morgan fingerprint density at radius 1 is 1.31 bits per heavy atom. The molecule has 1 aliphatic rings. The molecule has 0 bridgehead atoms. The fraction of sp³-hybridized carbons (Fsp3) is 0.917. The van der Waals surface area contributed by atoms with Crippen LogP contribution in [0.15, 0.2) is 0 Å². The van der Waals surface area contributed by atoms with Crippen molar-refractivity contribution in [3.8, 4) is 0 Å². The lowest BCUT2D eigenvalue weighted by Crippen LogP contribution is -2.47. The van der Waals surface area contributed by atoms with Crippen LogP contribution >= 0.6 is 0 Å². The third-order valence-corrected chi connectivity index (χ3v) is 3.23. The summed E-state index contributed by atoms with van der Waals surface area (Å²) in [5, 5.41) is 6.11. The lowest BCUT2D eigenvalue weighted by molar-refractivity contribution is -0.122. The first-order chi connectivity index (χ1) is 7.65. The average molecular weight is 227 g/mol. The number of hydrogen-bond acceptors (Lipinski definition) is 3. The van der Waals surface area contributed by atoms with Gasteiger partial charge in [-0.25, -0.2) is 0 Å². The van der Waals surface area contributed by atoms with Gasteiger partial charge in [0.15, 0.2) is 0 Å². The van der Waals surface area contributed by atoms with Crippen LogP contribution in [0, 0.1) is 0 Å². The molecule has 2 atom stereocenters. The fourth-order valence-corrected chi connectivity index (χ4v) is 2.08. The second-order valence-electron chi connectivity index (χ2n) is 4.62. The van der Waals surface area contributed by atoms with Gasteiger partial charge in [-0.3, -0.25) is 9.69 Å². The second kappa shape index (κ2) is 6.86. The van der Waals surface area contributed by atoms with Crippen molar-refractivity contribution in [2.75, 3.05) is 26.2 Å². The Balaban J connectivity index is 2.19. The predicted molar refractivity (Wildman–Crippen MR) is 66.4 cm³/mol. The van der Waals surface area contributed by atoms with Crippen molar-refractivity contribution in [2.24, 2.45) is 0 Å². The molecule has 4 heteroatoms. The van der Waals surface area contributed by atoms with Crippen LogP contribution in [-0.4, -0.2) is 49.1 Å². The molecule has 0 aromatic carbocycles. The van der Waals surface area contributed by atoms with E-state index in [0.29, 0.717) is 12.6 Å². The van der Waals surface area contributed by atoms with Crippen LogP contribution in [0.1, 0.15) is 33.6 Å². The second-order valence-corrected chi connectivity index (χ2v) is 4.62. The number of carbonyl (C=O) groups is 1. The molecule has 0 aromatic heterocycles. The number of hydrogen-bond donors (Lipinski definition) is 2. The van der Waals surface area contributed by atoms with Crippen LogP contribution in [0.2, 0.25) is 0 Å². The monoisotopic (exact) mass is 227 g/mol. The zero-order valence-corrected chi connectivity index (χ0v) is 10.8. The summed E-state index contributed by atoms with van der Waals surface area (Å²) in [6, 6.07) is 0.435. The summed E-state index contributed by atoms with van der Waals surface area (Å²) in [6.45, 7) is 10.1. The number of rotatable bonds is 6. The van der Waals surface area contributed by atoms with Crippen LogP contribution in [-0.2, 0) is 4.79 Å². The van der Waals surface area contributed by atoms with Crippen molar-refractivity contribution in [1.82, 2.24) is 15.5 Å². The van der Waals surface area contributed by atoms with Gasteiger partial charge >= 0.3 is 0 Å². The van der Waals surface area contributed by atoms with E-state index in [1.165, 1.54) is 25.9 Å². The molecule has 94 valence electrons. The van der Waals surface area contributed by atoms with E-state index >= 15 is 0 Å². The van der Waals surface area contributed by atoms with Crippen LogP contribution in [0.4, 0.5) is 0 Å². The Kier molecular flexibility index (Phi) is 5.77. The van der Waals surface area contributed by atoms with Crippen LogP contribution in [0.3, 0.4) is 0 Å². The molecule has 2 N–H and O–H groups in total. The van der Waals surface area contributed by atoms with Gasteiger partial charge in [-0.2, -0.15) is 0 Å². The zero-order valence-electron chi connectivity index (χ0n) is 10.8. The van der Waals surface area contributed by atoms with E-state index in [1.807, 2.05) is 13.8 Å². The van der Waals surface area contributed by atoms with Gasteiger partial charge in [0.1, 0.15) is 0 Å². The van der Waals surface area contributed by atoms with Crippen molar-refractivity contribution in [3.05, 3.63) is 0 Å². The number of likely N-dealkylation sites (N-methyl/N-ethyl adjacent to an activating group) is 1. The topological polar surface area (TPSA) is 44.4 Å². The molecule has 1 fully saturated rings. The summed E-state index contributed by atoms with van der Waals surface area (Å²) in [5.74, 6) is 0.0936. The summed E-state index contributed by atoms with van der Waals surface area (Å²) in [7, 11) is 0. The molecular formula is C12H25N3O. The minimum atomic E-state index is -0.0926. The molecule has 1 aliphatic heterocycles. The number of carbonyl (C=O) groups excluding carboxylic acids is 1. The first-order valence-electron chi connectivity index (χ1n) is 6.40. The van der Waals surface area contributed by atoms with Gasteiger partial charge in [0.05, 0.1) is 6.04 Å². The number of nitrogens with one attached hydrogen (secondary N) is 2. The lowest BCUT2D eigenvalue weighted by atomic mass is 10.2. The molecule has 2 unspecified atom stereocenters. The van der Waals surface area contributed by atoms with Gasteiger partial charge in [-0.1, -0.05) is 0 Å². The summed E-state index contributed by atoms with van der Waals surface area (Å²) < 4.78 is 0. The summed E-state index contributed by atoms with van der Waals surface area (Å²) in [4.78, 5) is 14.0. The third kappa shape index (κ3) is 4.10. The van der Waals surface area contributed by atoms with Gasteiger partial charge in [-0.15, -0.1) is 0 Å². The van der Waals surface area contributed by atoms with Crippen LogP contribution in [0.25, 0.3) is 0 Å². The molecule has 0 spiro atoms. The third-order valence-electron chi connectivity index (χ3n) is 3.23. The van der Waals surface area contributed by atoms with Crippen molar-refractivity contribution in [3.63, 3.8) is 0 Å². The van der Waals surface area contributed by atoms with E-state index in [2.05, 4.69) is 22.5 Å². The highest BCUT2D eigenvalue weighted by molar-refractivity contribution is 5.81. The van der Waals surface area contributed by atoms with E-state index in [4.69, 9.17) is 0 Å². The smallest absolute Gasteiger partial charge is 0.236 e. The molecule has 0 saturated carbocycles. The van der Waals surface area contributed by atoms with E-state index < -0.39 is 0 Å². The number of nitrogens with zero attached hydrogens (tertiary/aromatic N) is 1. The molecule has 1 rings (SSSR count). The maximum absolute atomic E-state index is 11.5. The number of amides is 1. The molecule has 16 heavy (non-hydrogen) atoms. The van der Waals surface area contributed by atoms with E-state index in [-0.39, 0.29) is 11.9 Å². The Hall–Kier alpha value is -0.610. The van der Waals surface area contributed by atoms with Gasteiger partial charge in [0.25, 0.3) is 0 Å². The van der Waals surface area contributed by atoms with Crippen LogP contribution < -0.4 is 10.6 Å². The first kappa shape index (κ1) is 13.5. The maximum atomic E-state index is 11.5. The SMILES string of the molecule is CCNC(=O)C(C)NCC(C)N1CCCC1. The van der Waals surface area contributed by atoms with Crippen molar-refractivity contribution >= 4 is 5.91 Å². The molecule has 1 heterocycles. The van der Waals surface area contributed by atoms with Crippen molar-refractivity contribution in [1.29, 1.82) is 0 Å². The van der Waals surface area contributed by atoms with Crippen molar-refractivity contribution < 1.29 is 4.79 Å². The summed E-state index contributed by atoms with van der Waals surface area (Å²) in [6.07, 6.45) is 2.63. The fourth-order valence-electron chi connectivity index (χ4n) is 2.08. The Labute approximate surface area is 98.8 Å². The van der Waals surface area contributed by atoms with Gasteiger partial charge in [0.2, 0.25) is 5.91 Å². The number of likely N-dealkylation sites (tertiary alicyclic amines) is 1. The Morgan fingerprint density at radius 3 is 2.50 bits per heavy atom. The highest BCUT2D eigenvalue weighted by Crippen LogP contribution is 2.10. The molecule has 0 radical (unpaired) electrons. The molecule has 1 saturated heterocycles. The highest BCUT2D eigenvalue weighted by Gasteiger charge is 2.19. The molecule has 0 aromatic rings. The van der Waals surface area contributed by atoms with Gasteiger partial charge in [0, 0.05) is 19.1 Å². The maximum Gasteiger partial charge on any atom is 0.236 e. The van der Waals surface area contributed by atoms with E-state index in [9.17, 15) is 4.79 Å². The zero-order chi connectivity index (χ0) is 12.0. The van der Waals surface area contributed by atoms with E-state index in [1.54, 1.807) is 0 Å². The minimum Gasteiger partial charge on any atom is -0.355 e. The molecule has 4 nitrogen and oxygen atoms in total. The first-order valence-corrected chi connectivity index (χ1v) is 6.40. The lowest BCUT2D eigenvalue weighted by Gasteiger charge is -2.25. The van der Waals surface area contributed by atoms with Gasteiger partial charge < -0.3 is 10.6 Å². The van der Waals surface area contributed by atoms with Crippen molar-refractivity contribution in [2.45, 2.75) is 45.7 Å². The highest BCUT2D eigenvalue weighted by atomic mass is 16.2. The Morgan fingerprint density at radius 2 is 1.94 bits per heavy atom. The van der Waals surface area contributed by atoms with Crippen LogP contribution in [0.5, 0.6) is 0 Å². The molecule has 1 amide bonds. The predicted octanol–water partition coefficient (Wildman–Crippen LogP) is 0.585. The largest absolute Gasteiger partial charge is 0.355 e. The standard InChI is InChI=1S/C12H25N3O/c1-4-13-12(16)11(3)14-9-10(2)15-7-5-6-8-15/h10-11,14H,4-9H2,1-3H3,(H,13,16).